The predicted octanol–water partition coefficient (Wildman–Crippen LogP) is 0.784. The summed E-state index contributed by atoms with van der Waals surface area (Å²) in [5, 5.41) is 0. The molecule has 0 aromatic rings. The lowest BCUT2D eigenvalue weighted by Gasteiger charge is -2.08. The highest BCUT2D eigenvalue weighted by Crippen LogP contribution is 2.06. The van der Waals surface area contributed by atoms with Crippen LogP contribution in [-0.2, 0) is 9.53 Å². The second-order valence-corrected chi connectivity index (χ2v) is 2.28. The number of hydrogen-bond donors (Lipinski definition) is 0. The van der Waals surface area contributed by atoms with Gasteiger partial charge >= 0.3 is 5.97 Å². The molecular weight excluding hydrogens is 130 g/mol. The van der Waals surface area contributed by atoms with Gasteiger partial charge in [0.15, 0.2) is 0 Å². The molecule has 3 nitrogen and oxygen atoms in total. The number of methoxy groups -OCH3 is 1. The van der Waals surface area contributed by atoms with Crippen molar-refractivity contribution in [3.63, 3.8) is 0 Å². The van der Waals surface area contributed by atoms with E-state index in [0.717, 1.165) is 25.8 Å². The molecule has 1 aliphatic heterocycles. The van der Waals surface area contributed by atoms with Crippen LogP contribution in [0.4, 0.5) is 0 Å². The van der Waals surface area contributed by atoms with E-state index in [1.807, 2.05) is 0 Å². The Morgan fingerprint density at radius 3 is 2.90 bits per heavy atom. The Kier molecular flexibility index (Phi) is 2.42. The lowest BCUT2D eigenvalue weighted by atomic mass is 10.1. The molecule has 0 aliphatic carbocycles. The standard InChI is InChI=1S/C7H11NO2/c1-10-7(9)6-4-2-3-5-8-6/h2-5H2,1H3. The smallest absolute Gasteiger partial charge is 0.351 e. The van der Waals surface area contributed by atoms with Gasteiger partial charge in [-0.2, -0.15) is 0 Å². The van der Waals surface area contributed by atoms with Gasteiger partial charge in [0.1, 0.15) is 5.71 Å². The highest BCUT2D eigenvalue weighted by Gasteiger charge is 2.13. The molecule has 0 aromatic carbocycles. The van der Waals surface area contributed by atoms with Crippen LogP contribution in [-0.4, -0.2) is 25.3 Å². The Hall–Kier alpha value is -0.860. The average Bonchev–Trinajstić information content (AvgIpc) is 2.05. The molecule has 0 saturated carbocycles. The van der Waals surface area contributed by atoms with Crippen molar-refractivity contribution < 1.29 is 9.53 Å². The lowest BCUT2D eigenvalue weighted by molar-refractivity contribution is -0.132. The number of esters is 1. The first kappa shape index (κ1) is 7.25. The van der Waals surface area contributed by atoms with Gasteiger partial charge in [-0.05, 0) is 19.3 Å². The van der Waals surface area contributed by atoms with Gasteiger partial charge in [-0.25, -0.2) is 4.79 Å². The molecule has 3 heteroatoms. The number of aliphatic imine (C=N–C) groups is 1. The average molecular weight is 141 g/mol. The van der Waals surface area contributed by atoms with Crippen molar-refractivity contribution in [1.82, 2.24) is 0 Å². The zero-order valence-electron chi connectivity index (χ0n) is 6.09. The Morgan fingerprint density at radius 1 is 1.60 bits per heavy atom. The van der Waals surface area contributed by atoms with Crippen LogP contribution >= 0.6 is 0 Å². The first-order chi connectivity index (χ1) is 4.84. The van der Waals surface area contributed by atoms with Gasteiger partial charge < -0.3 is 4.74 Å². The van der Waals surface area contributed by atoms with Gasteiger partial charge in [0.25, 0.3) is 0 Å². The number of ether oxygens (including phenoxy) is 1. The minimum absolute atomic E-state index is 0.264. The van der Waals surface area contributed by atoms with E-state index >= 15 is 0 Å². The van der Waals surface area contributed by atoms with Crippen LogP contribution in [0.3, 0.4) is 0 Å². The Bertz CT molecular complexity index is 163. The molecule has 0 bridgehead atoms. The van der Waals surface area contributed by atoms with Gasteiger partial charge in [0.05, 0.1) is 7.11 Å². The number of carbonyl (C=O) groups excluding carboxylic acids is 1. The molecule has 0 N–H and O–H groups in total. The molecule has 0 atom stereocenters. The fourth-order valence-corrected chi connectivity index (χ4v) is 0.982. The Labute approximate surface area is 60.1 Å². The van der Waals surface area contributed by atoms with Gasteiger partial charge in [0.2, 0.25) is 0 Å². The fraction of sp³-hybridized carbons (Fsp3) is 0.714. The minimum Gasteiger partial charge on any atom is -0.465 e. The quantitative estimate of drug-likeness (QED) is 0.506. The zero-order chi connectivity index (χ0) is 7.40. The van der Waals surface area contributed by atoms with Gasteiger partial charge in [0, 0.05) is 6.54 Å². The third-order valence-electron chi connectivity index (χ3n) is 1.55. The van der Waals surface area contributed by atoms with Gasteiger partial charge in [-0.15, -0.1) is 0 Å². The first-order valence-corrected chi connectivity index (χ1v) is 3.46. The third-order valence-corrected chi connectivity index (χ3v) is 1.55. The van der Waals surface area contributed by atoms with Crippen LogP contribution < -0.4 is 0 Å². The molecule has 10 heavy (non-hydrogen) atoms. The molecule has 0 fully saturated rings. The monoisotopic (exact) mass is 141 g/mol. The largest absolute Gasteiger partial charge is 0.465 e. The molecule has 1 rings (SSSR count). The van der Waals surface area contributed by atoms with E-state index in [9.17, 15) is 4.79 Å². The summed E-state index contributed by atoms with van der Waals surface area (Å²) >= 11 is 0. The van der Waals surface area contributed by atoms with Gasteiger partial charge in [-0.1, -0.05) is 0 Å². The van der Waals surface area contributed by atoms with Crippen molar-refractivity contribution >= 4 is 11.7 Å². The fourth-order valence-electron chi connectivity index (χ4n) is 0.982. The molecule has 56 valence electrons. The van der Waals surface area contributed by atoms with Crippen molar-refractivity contribution in [1.29, 1.82) is 0 Å². The van der Waals surface area contributed by atoms with Crippen molar-refractivity contribution in [3.05, 3.63) is 0 Å². The summed E-state index contributed by atoms with van der Waals surface area (Å²) in [6.45, 7) is 0.782. The molecular formula is C7H11NO2. The molecule has 0 aromatic heterocycles. The van der Waals surface area contributed by atoms with E-state index in [4.69, 9.17) is 0 Å². The summed E-state index contributed by atoms with van der Waals surface area (Å²) in [6, 6.07) is 0. The second kappa shape index (κ2) is 3.34. The summed E-state index contributed by atoms with van der Waals surface area (Å²) in [6.07, 6.45) is 2.95. The van der Waals surface area contributed by atoms with Crippen LogP contribution in [0.25, 0.3) is 0 Å². The Morgan fingerprint density at radius 2 is 2.40 bits per heavy atom. The number of rotatable bonds is 1. The van der Waals surface area contributed by atoms with Crippen LogP contribution in [0.5, 0.6) is 0 Å². The maximum absolute atomic E-state index is 10.8. The summed E-state index contributed by atoms with van der Waals surface area (Å²) in [7, 11) is 1.39. The molecule has 0 unspecified atom stereocenters. The summed E-state index contributed by atoms with van der Waals surface area (Å²) in [5.41, 5.74) is 0.605. The predicted molar refractivity (Wildman–Crippen MR) is 38.2 cm³/mol. The van der Waals surface area contributed by atoms with Crippen LogP contribution in [0, 0.1) is 0 Å². The third kappa shape index (κ3) is 1.56. The van der Waals surface area contributed by atoms with E-state index in [1.54, 1.807) is 0 Å². The summed E-state index contributed by atoms with van der Waals surface area (Å²) in [5.74, 6) is -0.264. The first-order valence-electron chi connectivity index (χ1n) is 3.46. The van der Waals surface area contributed by atoms with Crippen LogP contribution in [0.1, 0.15) is 19.3 Å². The molecule has 0 spiro atoms. The molecule has 0 amide bonds. The maximum Gasteiger partial charge on any atom is 0.351 e. The van der Waals surface area contributed by atoms with E-state index in [0.29, 0.717) is 5.71 Å². The zero-order valence-corrected chi connectivity index (χ0v) is 6.09. The highest BCUT2D eigenvalue weighted by atomic mass is 16.5. The van der Waals surface area contributed by atoms with Crippen molar-refractivity contribution in [2.45, 2.75) is 19.3 Å². The van der Waals surface area contributed by atoms with E-state index in [2.05, 4.69) is 9.73 Å². The second-order valence-electron chi connectivity index (χ2n) is 2.28. The maximum atomic E-state index is 10.8. The highest BCUT2D eigenvalue weighted by molar-refractivity contribution is 6.36. The normalized spacial score (nSPS) is 17.9. The summed E-state index contributed by atoms with van der Waals surface area (Å²) in [4.78, 5) is 14.9. The van der Waals surface area contributed by atoms with Crippen molar-refractivity contribution in [3.8, 4) is 0 Å². The lowest BCUT2D eigenvalue weighted by Crippen LogP contribution is -2.18. The number of carbonyl (C=O) groups is 1. The topological polar surface area (TPSA) is 38.7 Å². The molecule has 0 saturated heterocycles. The van der Waals surface area contributed by atoms with E-state index in [-0.39, 0.29) is 5.97 Å². The summed E-state index contributed by atoms with van der Waals surface area (Å²) < 4.78 is 4.52. The minimum atomic E-state index is -0.264. The van der Waals surface area contributed by atoms with Gasteiger partial charge in [-0.3, -0.25) is 4.99 Å². The molecule has 1 aliphatic rings. The number of hydrogen-bond acceptors (Lipinski definition) is 3. The van der Waals surface area contributed by atoms with E-state index < -0.39 is 0 Å². The number of nitrogens with zero attached hydrogens (tertiary/aromatic N) is 1. The molecule has 1 heterocycles. The van der Waals surface area contributed by atoms with Crippen molar-refractivity contribution in [2.75, 3.05) is 13.7 Å². The van der Waals surface area contributed by atoms with E-state index in [1.165, 1.54) is 7.11 Å². The SMILES string of the molecule is COC(=O)C1=NCCCC1. The van der Waals surface area contributed by atoms with Crippen LogP contribution in [0.15, 0.2) is 4.99 Å². The van der Waals surface area contributed by atoms with Crippen molar-refractivity contribution in [2.24, 2.45) is 4.99 Å². The Balaban J connectivity index is 2.53. The van der Waals surface area contributed by atoms with Crippen LogP contribution in [0.2, 0.25) is 0 Å². The molecule has 0 radical (unpaired) electrons.